The number of halogens is 1. The number of benzene rings is 1. The van der Waals surface area contributed by atoms with Gasteiger partial charge in [-0.1, -0.05) is 16.8 Å². The fourth-order valence-corrected chi connectivity index (χ4v) is 2.71. The Morgan fingerprint density at radius 2 is 2.00 bits per heavy atom. The van der Waals surface area contributed by atoms with Gasteiger partial charge in [-0.25, -0.2) is 8.42 Å². The Bertz CT molecular complexity index is 682. The van der Waals surface area contributed by atoms with Crippen LogP contribution >= 0.6 is 11.6 Å². The lowest BCUT2D eigenvalue weighted by Gasteiger charge is -2.06. The molecule has 0 fully saturated rings. The van der Waals surface area contributed by atoms with Crippen molar-refractivity contribution < 1.29 is 18.0 Å². The topological polar surface area (TPSA) is 93.3 Å². The third-order valence-corrected chi connectivity index (χ3v) is 5.09. The summed E-state index contributed by atoms with van der Waals surface area (Å²) >= 11 is 5.78. The molecule has 2 aromatic rings. The first-order valence-electron chi connectivity index (χ1n) is 5.86. The second-order valence-corrected chi connectivity index (χ2v) is 7.07. The summed E-state index contributed by atoms with van der Waals surface area (Å²) in [5, 5.41) is 12.1. The third kappa shape index (κ3) is 3.17. The van der Waals surface area contributed by atoms with Crippen molar-refractivity contribution in [1.29, 1.82) is 0 Å². The molecule has 1 heterocycles. The molecule has 0 saturated carbocycles. The first-order chi connectivity index (χ1) is 9.44. The van der Waals surface area contributed by atoms with E-state index in [4.69, 9.17) is 21.2 Å². The molecule has 0 bridgehead atoms. The van der Waals surface area contributed by atoms with E-state index < -0.39 is 21.7 Å². The molecule has 1 N–H and O–H groups in total. The van der Waals surface area contributed by atoms with Gasteiger partial charge in [-0.05, 0) is 31.2 Å². The Morgan fingerprint density at radius 3 is 2.60 bits per heavy atom. The number of nitrogens with zero attached hydrogens (tertiary/aromatic N) is 2. The van der Waals surface area contributed by atoms with Crippen LogP contribution in [0.2, 0.25) is 5.02 Å². The molecular formula is C12H13ClN2O4S. The highest BCUT2D eigenvalue weighted by molar-refractivity contribution is 7.91. The fraction of sp³-hybridized carbons (Fsp3) is 0.333. The summed E-state index contributed by atoms with van der Waals surface area (Å²) in [7, 11) is -3.51. The van der Waals surface area contributed by atoms with Gasteiger partial charge in [-0.3, -0.25) is 0 Å². The lowest BCUT2D eigenvalue weighted by atomic mass is 10.2. The summed E-state index contributed by atoms with van der Waals surface area (Å²) in [4.78, 5) is 4.08. The smallest absolute Gasteiger partial charge is 0.245 e. The summed E-state index contributed by atoms with van der Waals surface area (Å²) < 4.78 is 28.6. The molecule has 1 aromatic heterocycles. The van der Waals surface area contributed by atoms with E-state index in [2.05, 4.69) is 10.1 Å². The minimum absolute atomic E-state index is 0.00315. The van der Waals surface area contributed by atoms with Gasteiger partial charge in [0.1, 0.15) is 5.25 Å². The second-order valence-electron chi connectivity index (χ2n) is 4.20. The molecule has 0 aliphatic heterocycles. The van der Waals surface area contributed by atoms with Crippen LogP contribution in [-0.4, -0.2) is 36.0 Å². The van der Waals surface area contributed by atoms with Gasteiger partial charge >= 0.3 is 0 Å². The van der Waals surface area contributed by atoms with Crippen LogP contribution in [0.5, 0.6) is 0 Å². The molecule has 1 aromatic carbocycles. The zero-order valence-corrected chi connectivity index (χ0v) is 12.2. The highest BCUT2D eigenvalue weighted by atomic mass is 35.5. The zero-order valence-electron chi connectivity index (χ0n) is 10.7. The summed E-state index contributed by atoms with van der Waals surface area (Å²) in [5.74, 6) is -0.0431. The Hall–Kier alpha value is -1.44. The normalized spacial score (nSPS) is 13.3. The predicted octanol–water partition coefficient (Wildman–Crippen LogP) is 1.86. The van der Waals surface area contributed by atoms with Crippen LogP contribution < -0.4 is 0 Å². The van der Waals surface area contributed by atoms with Gasteiger partial charge in [0.15, 0.2) is 9.84 Å². The molecule has 2 rings (SSSR count). The van der Waals surface area contributed by atoms with E-state index in [1.165, 1.54) is 6.92 Å². The van der Waals surface area contributed by atoms with Gasteiger partial charge in [0.25, 0.3) is 0 Å². The maximum Gasteiger partial charge on any atom is 0.245 e. The van der Waals surface area contributed by atoms with Crippen LogP contribution in [0.25, 0.3) is 11.4 Å². The van der Waals surface area contributed by atoms with E-state index in [1.54, 1.807) is 24.3 Å². The maximum absolute atomic E-state index is 11.8. The number of aliphatic hydroxyl groups excluding tert-OH is 1. The van der Waals surface area contributed by atoms with Crippen LogP contribution in [0.4, 0.5) is 0 Å². The largest absolute Gasteiger partial charge is 0.395 e. The van der Waals surface area contributed by atoms with E-state index in [0.717, 1.165) is 0 Å². The van der Waals surface area contributed by atoms with Gasteiger partial charge in [-0.15, -0.1) is 0 Å². The van der Waals surface area contributed by atoms with Crippen molar-refractivity contribution in [3.63, 3.8) is 0 Å². The lowest BCUT2D eigenvalue weighted by Crippen LogP contribution is -2.16. The van der Waals surface area contributed by atoms with Gasteiger partial charge in [-0.2, -0.15) is 4.98 Å². The van der Waals surface area contributed by atoms with Gasteiger partial charge in [0.05, 0.1) is 12.4 Å². The number of hydrogen-bond acceptors (Lipinski definition) is 6. The van der Waals surface area contributed by atoms with Crippen LogP contribution in [-0.2, 0) is 9.84 Å². The van der Waals surface area contributed by atoms with E-state index in [0.29, 0.717) is 16.4 Å². The van der Waals surface area contributed by atoms with Gasteiger partial charge < -0.3 is 9.63 Å². The number of aromatic nitrogens is 2. The SMILES string of the molecule is CC(c1nc(-c2ccc(Cl)cc2)no1)S(=O)(=O)CCO. The average molecular weight is 317 g/mol. The molecule has 0 aliphatic rings. The number of sulfone groups is 1. The molecule has 0 aliphatic carbocycles. The summed E-state index contributed by atoms with van der Waals surface area (Å²) in [5.41, 5.74) is 0.677. The Balaban J connectivity index is 2.27. The van der Waals surface area contributed by atoms with E-state index in [9.17, 15) is 8.42 Å². The fourth-order valence-electron chi connectivity index (χ4n) is 1.57. The van der Waals surface area contributed by atoms with E-state index in [-0.39, 0.29) is 11.6 Å². The molecule has 0 saturated heterocycles. The Kier molecular flexibility index (Phi) is 4.42. The standard InChI is InChI=1S/C12H13ClN2O4S/c1-8(20(17,18)7-6-16)12-14-11(15-19-12)9-2-4-10(13)5-3-9/h2-5,8,16H,6-7H2,1H3. The Labute approximate surface area is 121 Å². The summed E-state index contributed by atoms with van der Waals surface area (Å²) in [6, 6.07) is 6.78. The van der Waals surface area contributed by atoms with Gasteiger partial charge in [0.2, 0.25) is 11.7 Å². The number of hydrogen-bond donors (Lipinski definition) is 1. The van der Waals surface area contributed by atoms with E-state index in [1.807, 2.05) is 0 Å². The second kappa shape index (κ2) is 5.90. The van der Waals surface area contributed by atoms with Crippen molar-refractivity contribution in [3.8, 4) is 11.4 Å². The number of rotatable bonds is 5. The molecule has 0 spiro atoms. The van der Waals surface area contributed by atoms with Crippen molar-refractivity contribution in [2.24, 2.45) is 0 Å². The highest BCUT2D eigenvalue weighted by Crippen LogP contribution is 2.24. The summed E-state index contributed by atoms with van der Waals surface area (Å²) in [6.45, 7) is 1.01. The number of aliphatic hydroxyl groups is 1. The first kappa shape index (κ1) is 15.0. The minimum atomic E-state index is -3.51. The van der Waals surface area contributed by atoms with E-state index >= 15 is 0 Å². The molecule has 8 heteroatoms. The third-order valence-electron chi connectivity index (χ3n) is 2.81. The molecule has 0 amide bonds. The highest BCUT2D eigenvalue weighted by Gasteiger charge is 2.27. The maximum atomic E-state index is 11.8. The molecule has 20 heavy (non-hydrogen) atoms. The van der Waals surface area contributed by atoms with Crippen LogP contribution in [0, 0.1) is 0 Å². The molecular weight excluding hydrogens is 304 g/mol. The molecule has 1 unspecified atom stereocenters. The average Bonchev–Trinajstić information content (AvgIpc) is 2.88. The van der Waals surface area contributed by atoms with Gasteiger partial charge in [0, 0.05) is 10.6 Å². The molecule has 1 atom stereocenters. The van der Waals surface area contributed by atoms with Crippen molar-refractivity contribution in [1.82, 2.24) is 10.1 Å². The minimum Gasteiger partial charge on any atom is -0.395 e. The van der Waals surface area contributed by atoms with Crippen LogP contribution in [0.1, 0.15) is 18.1 Å². The summed E-state index contributed by atoms with van der Waals surface area (Å²) in [6.07, 6.45) is 0. The van der Waals surface area contributed by atoms with Crippen molar-refractivity contribution in [2.45, 2.75) is 12.2 Å². The van der Waals surface area contributed by atoms with Crippen LogP contribution in [0.3, 0.4) is 0 Å². The zero-order chi connectivity index (χ0) is 14.8. The molecule has 0 radical (unpaired) electrons. The molecule has 108 valence electrons. The lowest BCUT2D eigenvalue weighted by molar-refractivity contribution is 0.318. The monoisotopic (exact) mass is 316 g/mol. The van der Waals surface area contributed by atoms with Crippen molar-refractivity contribution >= 4 is 21.4 Å². The first-order valence-corrected chi connectivity index (χ1v) is 7.95. The predicted molar refractivity (Wildman–Crippen MR) is 74.0 cm³/mol. The van der Waals surface area contributed by atoms with Crippen LogP contribution in [0.15, 0.2) is 28.8 Å². The Morgan fingerprint density at radius 1 is 1.35 bits per heavy atom. The van der Waals surface area contributed by atoms with Crippen molar-refractivity contribution in [2.75, 3.05) is 12.4 Å². The quantitative estimate of drug-likeness (QED) is 0.905. The molecule has 6 nitrogen and oxygen atoms in total. The van der Waals surface area contributed by atoms with Crippen molar-refractivity contribution in [3.05, 3.63) is 35.2 Å².